The van der Waals surface area contributed by atoms with E-state index >= 15 is 0 Å². The first-order chi connectivity index (χ1) is 12.5. The second kappa shape index (κ2) is 9.97. The van der Waals surface area contributed by atoms with Crippen molar-refractivity contribution >= 4 is 5.96 Å². The van der Waals surface area contributed by atoms with Gasteiger partial charge in [-0.25, -0.2) is 4.99 Å². The third-order valence-electron chi connectivity index (χ3n) is 4.45. The van der Waals surface area contributed by atoms with Gasteiger partial charge in [-0.15, -0.1) is 0 Å². The van der Waals surface area contributed by atoms with Gasteiger partial charge in [0, 0.05) is 31.9 Å². The lowest BCUT2D eigenvalue weighted by atomic mass is 10.1. The highest BCUT2D eigenvalue weighted by Gasteiger charge is 2.16. The second-order valence-electron chi connectivity index (χ2n) is 6.63. The lowest BCUT2D eigenvalue weighted by Gasteiger charge is -2.24. The van der Waals surface area contributed by atoms with Crippen LogP contribution in [-0.4, -0.2) is 47.8 Å². The minimum Gasteiger partial charge on any atom is -0.357 e. The standard InChI is InChI=1S/C20H32N6/c1-6-16-10-8-9-11-17(16)12-22-20(21-7-2)23-14-19(25(3)4)18-13-24-26(5)15-18/h8-11,13,15,19H,6-7,12,14H2,1-5H3,(H2,21,22,23). The summed E-state index contributed by atoms with van der Waals surface area (Å²) in [6.07, 6.45) is 5.02. The van der Waals surface area contributed by atoms with Crippen LogP contribution < -0.4 is 10.6 Å². The second-order valence-corrected chi connectivity index (χ2v) is 6.63. The van der Waals surface area contributed by atoms with E-state index in [4.69, 9.17) is 4.99 Å². The minimum atomic E-state index is 0.232. The smallest absolute Gasteiger partial charge is 0.191 e. The molecule has 1 heterocycles. The summed E-state index contributed by atoms with van der Waals surface area (Å²) >= 11 is 0. The molecule has 1 aromatic heterocycles. The van der Waals surface area contributed by atoms with Crippen LogP contribution >= 0.6 is 0 Å². The molecule has 1 unspecified atom stereocenters. The van der Waals surface area contributed by atoms with Gasteiger partial charge in [0.15, 0.2) is 5.96 Å². The first-order valence-electron chi connectivity index (χ1n) is 9.29. The highest BCUT2D eigenvalue weighted by molar-refractivity contribution is 5.79. The number of aromatic nitrogens is 2. The van der Waals surface area contributed by atoms with E-state index in [9.17, 15) is 0 Å². The number of nitrogens with one attached hydrogen (secondary N) is 2. The number of rotatable bonds is 8. The van der Waals surface area contributed by atoms with Crippen molar-refractivity contribution in [3.05, 3.63) is 53.3 Å². The first-order valence-corrected chi connectivity index (χ1v) is 9.29. The van der Waals surface area contributed by atoms with Crippen molar-refractivity contribution in [3.8, 4) is 0 Å². The Bertz CT molecular complexity index is 704. The number of aryl methyl sites for hydroxylation is 2. The molecule has 0 aliphatic carbocycles. The van der Waals surface area contributed by atoms with Gasteiger partial charge in [-0.05, 0) is 38.6 Å². The van der Waals surface area contributed by atoms with Crippen LogP contribution in [-0.2, 0) is 20.0 Å². The topological polar surface area (TPSA) is 57.5 Å². The van der Waals surface area contributed by atoms with E-state index in [0.717, 1.165) is 25.5 Å². The average molecular weight is 357 g/mol. The van der Waals surface area contributed by atoms with Crippen molar-refractivity contribution < 1.29 is 0 Å². The van der Waals surface area contributed by atoms with Gasteiger partial charge in [-0.2, -0.15) is 5.10 Å². The minimum absolute atomic E-state index is 0.232. The molecule has 26 heavy (non-hydrogen) atoms. The Morgan fingerprint density at radius 1 is 1.19 bits per heavy atom. The van der Waals surface area contributed by atoms with Crippen molar-refractivity contribution in [3.63, 3.8) is 0 Å². The van der Waals surface area contributed by atoms with E-state index < -0.39 is 0 Å². The van der Waals surface area contributed by atoms with Gasteiger partial charge in [0.1, 0.15) is 0 Å². The Morgan fingerprint density at radius 3 is 2.50 bits per heavy atom. The van der Waals surface area contributed by atoms with Crippen LogP contribution in [0.1, 0.15) is 36.6 Å². The Morgan fingerprint density at radius 2 is 1.92 bits per heavy atom. The Labute approximate surface area is 157 Å². The molecule has 2 aromatic rings. The van der Waals surface area contributed by atoms with Gasteiger partial charge in [0.05, 0.1) is 18.8 Å². The van der Waals surface area contributed by atoms with Gasteiger partial charge < -0.3 is 15.5 Å². The molecule has 0 spiro atoms. The summed E-state index contributed by atoms with van der Waals surface area (Å²) in [5.74, 6) is 0.842. The maximum Gasteiger partial charge on any atom is 0.191 e. The summed E-state index contributed by atoms with van der Waals surface area (Å²) in [5.41, 5.74) is 3.83. The Balaban J connectivity index is 2.06. The van der Waals surface area contributed by atoms with Crippen molar-refractivity contribution in [2.45, 2.75) is 32.9 Å². The quantitative estimate of drug-likeness (QED) is 0.563. The van der Waals surface area contributed by atoms with Crippen LogP contribution in [0.3, 0.4) is 0 Å². The summed E-state index contributed by atoms with van der Waals surface area (Å²) in [6.45, 7) is 6.54. The zero-order chi connectivity index (χ0) is 18.9. The first kappa shape index (κ1) is 20.0. The molecule has 2 rings (SSSR count). The Kier molecular flexibility index (Phi) is 7.66. The summed E-state index contributed by atoms with van der Waals surface area (Å²) in [6, 6.07) is 8.73. The van der Waals surface area contributed by atoms with E-state index in [-0.39, 0.29) is 6.04 Å². The molecule has 6 nitrogen and oxygen atoms in total. The molecular weight excluding hydrogens is 324 g/mol. The number of aliphatic imine (C=N–C) groups is 1. The predicted molar refractivity (Wildman–Crippen MR) is 108 cm³/mol. The zero-order valence-electron chi connectivity index (χ0n) is 16.7. The van der Waals surface area contributed by atoms with Crippen LogP contribution in [0.5, 0.6) is 0 Å². The monoisotopic (exact) mass is 356 g/mol. The number of benzene rings is 1. The largest absolute Gasteiger partial charge is 0.357 e. The fraction of sp³-hybridized carbons (Fsp3) is 0.500. The fourth-order valence-electron chi connectivity index (χ4n) is 2.97. The van der Waals surface area contributed by atoms with E-state index in [1.54, 1.807) is 0 Å². The number of nitrogens with zero attached hydrogens (tertiary/aromatic N) is 4. The predicted octanol–water partition coefficient (Wildman–Crippen LogP) is 2.34. The molecular formula is C20H32N6. The molecule has 0 aliphatic rings. The van der Waals surface area contributed by atoms with Crippen molar-refractivity contribution in [2.24, 2.45) is 12.0 Å². The molecule has 0 bridgehead atoms. The van der Waals surface area contributed by atoms with Crippen LogP contribution in [0.25, 0.3) is 0 Å². The summed E-state index contributed by atoms with van der Waals surface area (Å²) in [7, 11) is 6.11. The third kappa shape index (κ3) is 5.59. The molecule has 2 N–H and O–H groups in total. The summed E-state index contributed by atoms with van der Waals surface area (Å²) < 4.78 is 1.84. The van der Waals surface area contributed by atoms with Gasteiger partial charge in [0.25, 0.3) is 0 Å². The number of likely N-dealkylation sites (N-methyl/N-ethyl adjacent to an activating group) is 1. The average Bonchev–Trinajstić information content (AvgIpc) is 3.05. The van der Waals surface area contributed by atoms with Gasteiger partial charge in [-0.3, -0.25) is 4.68 Å². The molecule has 0 radical (unpaired) electrons. The lowest BCUT2D eigenvalue weighted by molar-refractivity contribution is 0.298. The SMILES string of the molecule is CCNC(=NCc1ccccc1CC)NCC(c1cnn(C)c1)N(C)C. The molecule has 0 saturated heterocycles. The van der Waals surface area contributed by atoms with Crippen LogP contribution in [0.2, 0.25) is 0 Å². The number of hydrogen-bond donors (Lipinski definition) is 2. The molecule has 1 aromatic carbocycles. The van der Waals surface area contributed by atoms with E-state index in [1.807, 2.05) is 17.9 Å². The molecule has 0 amide bonds. The van der Waals surface area contributed by atoms with E-state index in [1.165, 1.54) is 16.7 Å². The van der Waals surface area contributed by atoms with Gasteiger partial charge >= 0.3 is 0 Å². The highest BCUT2D eigenvalue weighted by atomic mass is 15.3. The zero-order valence-corrected chi connectivity index (χ0v) is 16.7. The maximum absolute atomic E-state index is 4.78. The van der Waals surface area contributed by atoms with Gasteiger partial charge in [0.2, 0.25) is 0 Å². The van der Waals surface area contributed by atoms with Crippen LogP contribution in [0.15, 0.2) is 41.7 Å². The maximum atomic E-state index is 4.78. The van der Waals surface area contributed by atoms with Crippen molar-refractivity contribution in [1.82, 2.24) is 25.3 Å². The Hall–Kier alpha value is -2.34. The van der Waals surface area contributed by atoms with Crippen molar-refractivity contribution in [1.29, 1.82) is 0 Å². The third-order valence-corrected chi connectivity index (χ3v) is 4.45. The van der Waals surface area contributed by atoms with Crippen LogP contribution in [0, 0.1) is 0 Å². The molecule has 0 fully saturated rings. The normalized spacial score (nSPS) is 13.1. The molecule has 6 heteroatoms. The summed E-state index contributed by atoms with van der Waals surface area (Å²) in [4.78, 5) is 6.97. The lowest BCUT2D eigenvalue weighted by Crippen LogP contribution is -2.41. The number of hydrogen-bond acceptors (Lipinski definition) is 3. The van der Waals surface area contributed by atoms with Gasteiger partial charge in [-0.1, -0.05) is 31.2 Å². The number of guanidine groups is 1. The van der Waals surface area contributed by atoms with E-state index in [0.29, 0.717) is 6.54 Å². The molecule has 142 valence electrons. The summed E-state index contributed by atoms with van der Waals surface area (Å²) in [5, 5.41) is 11.1. The highest BCUT2D eigenvalue weighted by Crippen LogP contribution is 2.16. The molecule has 1 atom stereocenters. The van der Waals surface area contributed by atoms with Crippen LogP contribution in [0.4, 0.5) is 0 Å². The fourth-order valence-corrected chi connectivity index (χ4v) is 2.97. The molecule has 0 saturated carbocycles. The van der Waals surface area contributed by atoms with E-state index in [2.05, 4.69) is 79.0 Å². The van der Waals surface area contributed by atoms with Crippen molar-refractivity contribution in [2.75, 3.05) is 27.2 Å². The molecule has 0 aliphatic heterocycles.